The van der Waals surface area contributed by atoms with Crippen molar-refractivity contribution in [3.63, 3.8) is 0 Å². The highest BCUT2D eigenvalue weighted by atomic mass is 16.4. The van der Waals surface area contributed by atoms with Crippen LogP contribution in [0.2, 0.25) is 0 Å². The Morgan fingerprint density at radius 3 is 2.52 bits per heavy atom. The zero-order valence-corrected chi connectivity index (χ0v) is 17.1. The highest BCUT2D eigenvalue weighted by Crippen LogP contribution is 2.19. The molecule has 0 saturated carbocycles. The Morgan fingerprint density at radius 1 is 1.15 bits per heavy atom. The first kappa shape index (κ1) is 19.2. The standard InChI is InChI=1S/C20H22N8O5/c1-28(9-11-8-23-17-15(24-11)16(21)26-20(22)27-17)12-4-2-10(3-5-12)18(31)25-13(19(32)33)6-7-14(29)30/h2-5,8,13H,6-7,9H2,1H3,(H,25,31)(H,29,30)(H,32,33)(H4,21,22,23,26,27)/t13-/m0/s1/i1D3. The third-order valence-electron chi connectivity index (χ3n) is 4.51. The Kier molecular flexibility index (Phi) is 5.64. The van der Waals surface area contributed by atoms with Gasteiger partial charge in [-0.1, -0.05) is 0 Å². The molecule has 13 nitrogen and oxygen atoms in total. The first-order chi connectivity index (χ1) is 16.8. The van der Waals surface area contributed by atoms with E-state index in [1.807, 2.05) is 0 Å². The number of rotatable bonds is 9. The summed E-state index contributed by atoms with van der Waals surface area (Å²) in [6.45, 7) is -2.81. The van der Waals surface area contributed by atoms with Gasteiger partial charge in [-0.3, -0.25) is 9.59 Å². The first-order valence-corrected chi connectivity index (χ1v) is 9.53. The van der Waals surface area contributed by atoms with Gasteiger partial charge in [0.2, 0.25) is 5.95 Å². The summed E-state index contributed by atoms with van der Waals surface area (Å²) in [5.74, 6) is -3.41. The molecule has 7 N–H and O–H groups in total. The van der Waals surface area contributed by atoms with E-state index in [4.69, 9.17) is 20.7 Å². The topological polar surface area (TPSA) is 211 Å². The molecule has 13 heteroatoms. The zero-order chi connectivity index (χ0) is 26.6. The molecule has 172 valence electrons. The molecule has 0 aliphatic heterocycles. The molecular weight excluding hydrogens is 432 g/mol. The second-order valence-corrected chi connectivity index (χ2v) is 6.93. The molecule has 1 amide bonds. The Hall–Kier alpha value is -4.55. The van der Waals surface area contributed by atoms with Crippen LogP contribution in [0.4, 0.5) is 17.5 Å². The van der Waals surface area contributed by atoms with E-state index in [2.05, 4.69) is 25.3 Å². The van der Waals surface area contributed by atoms with E-state index in [1.165, 1.54) is 30.5 Å². The number of nitrogens with zero attached hydrogens (tertiary/aromatic N) is 5. The number of nitrogens with one attached hydrogen (secondary N) is 1. The fourth-order valence-electron chi connectivity index (χ4n) is 2.87. The van der Waals surface area contributed by atoms with Crippen LogP contribution in [0.15, 0.2) is 30.5 Å². The van der Waals surface area contributed by atoms with Crippen LogP contribution < -0.4 is 21.7 Å². The summed E-state index contributed by atoms with van der Waals surface area (Å²) in [4.78, 5) is 51.7. The molecule has 3 rings (SSSR count). The Bertz CT molecular complexity index is 1300. The molecule has 0 fully saturated rings. The Labute approximate surface area is 191 Å². The number of amides is 1. The Morgan fingerprint density at radius 2 is 1.88 bits per heavy atom. The summed E-state index contributed by atoms with van der Waals surface area (Å²) in [5, 5.41) is 20.2. The van der Waals surface area contributed by atoms with Crippen molar-refractivity contribution in [2.24, 2.45) is 0 Å². The lowest BCUT2D eigenvalue weighted by atomic mass is 10.1. The molecule has 33 heavy (non-hydrogen) atoms. The maximum absolute atomic E-state index is 12.5. The van der Waals surface area contributed by atoms with Gasteiger partial charge in [-0.05, 0) is 30.7 Å². The molecule has 0 aliphatic carbocycles. The SMILES string of the molecule is [2H]C([2H])([2H])N(Cc1cnc2nc(N)nc(N)c2n1)c1ccc(C(=O)N[C@@H](CCC(=O)O)C(=O)O)cc1. The molecule has 2 aromatic heterocycles. The van der Waals surface area contributed by atoms with Gasteiger partial charge in [-0.2, -0.15) is 9.97 Å². The van der Waals surface area contributed by atoms with Crippen molar-refractivity contribution in [3.8, 4) is 0 Å². The molecule has 0 bridgehead atoms. The summed E-state index contributed by atoms with van der Waals surface area (Å²) in [6.07, 6.45) is 0.598. The van der Waals surface area contributed by atoms with Gasteiger partial charge in [0.05, 0.1) is 18.4 Å². The monoisotopic (exact) mass is 457 g/mol. The van der Waals surface area contributed by atoms with E-state index < -0.39 is 37.3 Å². The average molecular weight is 457 g/mol. The normalized spacial score (nSPS) is 13.4. The molecule has 0 saturated heterocycles. The highest BCUT2D eigenvalue weighted by molar-refractivity contribution is 5.97. The molecule has 1 atom stereocenters. The summed E-state index contributed by atoms with van der Waals surface area (Å²) < 4.78 is 23.8. The maximum Gasteiger partial charge on any atom is 0.326 e. The second-order valence-electron chi connectivity index (χ2n) is 6.93. The fourth-order valence-corrected chi connectivity index (χ4v) is 2.87. The number of fused-ring (bicyclic) bond motifs is 1. The molecule has 0 spiro atoms. The lowest BCUT2D eigenvalue weighted by Crippen LogP contribution is -2.41. The predicted molar refractivity (Wildman–Crippen MR) is 118 cm³/mol. The van der Waals surface area contributed by atoms with Crippen LogP contribution in [0.3, 0.4) is 0 Å². The van der Waals surface area contributed by atoms with Crippen LogP contribution in [-0.2, 0) is 16.1 Å². The van der Waals surface area contributed by atoms with Gasteiger partial charge in [-0.15, -0.1) is 0 Å². The van der Waals surface area contributed by atoms with E-state index in [0.29, 0.717) is 0 Å². The van der Waals surface area contributed by atoms with Crippen LogP contribution in [0.1, 0.15) is 33.0 Å². The lowest BCUT2D eigenvalue weighted by molar-refractivity contribution is -0.140. The predicted octanol–water partition coefficient (Wildman–Crippen LogP) is 0.268. The number of carbonyl (C=O) groups is 3. The van der Waals surface area contributed by atoms with Gasteiger partial charge in [0, 0.05) is 28.8 Å². The highest BCUT2D eigenvalue weighted by Gasteiger charge is 2.21. The zero-order valence-electron chi connectivity index (χ0n) is 20.1. The number of benzene rings is 1. The largest absolute Gasteiger partial charge is 0.481 e. The van der Waals surface area contributed by atoms with Crippen molar-refractivity contribution in [1.82, 2.24) is 25.3 Å². The van der Waals surface area contributed by atoms with Gasteiger partial charge in [-0.25, -0.2) is 14.8 Å². The molecule has 2 heterocycles. The van der Waals surface area contributed by atoms with Gasteiger partial charge < -0.3 is 31.9 Å². The minimum atomic E-state index is -2.60. The maximum atomic E-state index is 12.5. The number of aromatic nitrogens is 4. The molecule has 0 aliphatic rings. The number of aliphatic carboxylic acids is 2. The van der Waals surface area contributed by atoms with Crippen molar-refractivity contribution in [2.45, 2.75) is 25.4 Å². The first-order valence-electron chi connectivity index (χ1n) is 11.0. The van der Waals surface area contributed by atoms with Crippen molar-refractivity contribution in [1.29, 1.82) is 0 Å². The number of nitrogen functional groups attached to an aromatic ring is 2. The van der Waals surface area contributed by atoms with Crippen LogP contribution in [0.5, 0.6) is 0 Å². The van der Waals surface area contributed by atoms with Crippen LogP contribution in [0.25, 0.3) is 11.2 Å². The van der Waals surface area contributed by atoms with Crippen LogP contribution in [-0.4, -0.2) is 61.0 Å². The number of carboxylic acid groups (broad SMARTS) is 2. The second kappa shape index (κ2) is 9.72. The molecule has 1 aromatic carbocycles. The van der Waals surface area contributed by atoms with Crippen LogP contribution in [0, 0.1) is 0 Å². The third kappa shape index (κ3) is 5.78. The van der Waals surface area contributed by atoms with Gasteiger partial charge in [0.1, 0.15) is 6.04 Å². The van der Waals surface area contributed by atoms with E-state index in [-0.39, 0.29) is 52.8 Å². The van der Waals surface area contributed by atoms with Crippen molar-refractivity contribution >= 4 is 46.5 Å². The molecule has 3 aromatic rings. The third-order valence-corrected chi connectivity index (χ3v) is 4.51. The number of hydrogen-bond acceptors (Lipinski definition) is 10. The fraction of sp³-hybridized carbons (Fsp3) is 0.250. The smallest absolute Gasteiger partial charge is 0.326 e. The number of hydrogen-bond donors (Lipinski definition) is 5. The molecule has 0 unspecified atom stereocenters. The van der Waals surface area contributed by atoms with Crippen molar-refractivity contribution in [2.75, 3.05) is 23.3 Å². The van der Waals surface area contributed by atoms with E-state index in [9.17, 15) is 19.5 Å². The van der Waals surface area contributed by atoms with E-state index >= 15 is 0 Å². The lowest BCUT2D eigenvalue weighted by Gasteiger charge is -2.19. The summed E-state index contributed by atoms with van der Waals surface area (Å²) in [7, 11) is 0. The van der Waals surface area contributed by atoms with Crippen molar-refractivity contribution < 1.29 is 28.7 Å². The van der Waals surface area contributed by atoms with Crippen molar-refractivity contribution in [3.05, 3.63) is 41.7 Å². The number of carbonyl (C=O) groups excluding carboxylic acids is 1. The molecule has 0 radical (unpaired) electrons. The summed E-state index contributed by atoms with van der Waals surface area (Å²) >= 11 is 0. The van der Waals surface area contributed by atoms with Gasteiger partial charge in [0.25, 0.3) is 5.91 Å². The van der Waals surface area contributed by atoms with Gasteiger partial charge in [0.15, 0.2) is 17.0 Å². The number of carboxylic acids is 2. The van der Waals surface area contributed by atoms with Crippen LogP contribution >= 0.6 is 0 Å². The quantitative estimate of drug-likeness (QED) is 0.293. The van der Waals surface area contributed by atoms with Gasteiger partial charge >= 0.3 is 11.9 Å². The minimum absolute atomic E-state index is 0.00864. The van der Waals surface area contributed by atoms with E-state index in [1.54, 1.807) is 0 Å². The van der Waals surface area contributed by atoms with E-state index in [0.717, 1.165) is 4.90 Å². The average Bonchev–Trinajstić information content (AvgIpc) is 2.79. The summed E-state index contributed by atoms with van der Waals surface area (Å²) in [6, 6.07) is 3.99. The number of anilines is 3. The Balaban J connectivity index is 1.81. The molecular formula is C20H22N8O5. The summed E-state index contributed by atoms with van der Waals surface area (Å²) in [5.41, 5.74) is 12.2. The minimum Gasteiger partial charge on any atom is -0.481 e. The number of nitrogens with two attached hydrogens (primary N) is 2.